The van der Waals surface area contributed by atoms with Crippen molar-refractivity contribution in [2.45, 2.75) is 13.0 Å². The van der Waals surface area contributed by atoms with Crippen LogP contribution in [0.25, 0.3) is 16.6 Å². The number of aromatic amines is 2. The molecule has 0 amide bonds. The van der Waals surface area contributed by atoms with E-state index in [2.05, 4.69) is 38.5 Å². The van der Waals surface area contributed by atoms with Crippen LogP contribution in [0.5, 0.6) is 0 Å². The van der Waals surface area contributed by atoms with Gasteiger partial charge in [-0.15, -0.1) is 11.3 Å². The molecule has 22 heavy (non-hydrogen) atoms. The van der Waals surface area contributed by atoms with Crippen molar-refractivity contribution < 1.29 is 0 Å². The molecule has 0 saturated heterocycles. The molecule has 3 aromatic heterocycles. The number of nitrogens with one attached hydrogen (secondary N) is 2. The van der Waals surface area contributed by atoms with Gasteiger partial charge in [0, 0.05) is 42.3 Å². The molecule has 0 atom stereocenters. The summed E-state index contributed by atoms with van der Waals surface area (Å²) >= 11 is 1.81. The molecule has 0 unspecified atom stereocenters. The molecule has 1 aliphatic heterocycles. The van der Waals surface area contributed by atoms with Crippen molar-refractivity contribution in [2.24, 2.45) is 0 Å². The first-order valence-electron chi connectivity index (χ1n) is 7.44. The van der Waals surface area contributed by atoms with E-state index in [1.54, 1.807) is 6.07 Å². The van der Waals surface area contributed by atoms with E-state index in [-0.39, 0.29) is 5.56 Å². The molecule has 1 aliphatic rings. The lowest BCUT2D eigenvalue weighted by Crippen LogP contribution is -2.27. The summed E-state index contributed by atoms with van der Waals surface area (Å²) in [4.78, 5) is 21.6. The maximum atomic E-state index is 11.6. The van der Waals surface area contributed by atoms with Crippen LogP contribution in [0.3, 0.4) is 0 Å². The Balaban J connectivity index is 1.57. The zero-order valence-electron chi connectivity index (χ0n) is 12.1. The highest BCUT2D eigenvalue weighted by molar-refractivity contribution is 7.09. The molecule has 3 aromatic rings. The number of fused-ring (bicyclic) bond motifs is 1. The summed E-state index contributed by atoms with van der Waals surface area (Å²) in [6, 6.07) is 7.69. The van der Waals surface area contributed by atoms with Gasteiger partial charge in [-0.25, -0.2) is 0 Å². The smallest absolute Gasteiger partial charge is 0.248 e. The monoisotopic (exact) mass is 311 g/mol. The highest BCUT2D eigenvalue weighted by Crippen LogP contribution is 2.28. The van der Waals surface area contributed by atoms with E-state index in [1.807, 2.05) is 23.6 Å². The van der Waals surface area contributed by atoms with Crippen LogP contribution in [0.15, 0.2) is 46.7 Å². The molecule has 0 aromatic carbocycles. The fourth-order valence-electron chi connectivity index (χ4n) is 3.00. The number of hydrogen-bond donors (Lipinski definition) is 2. The van der Waals surface area contributed by atoms with Crippen molar-refractivity contribution in [1.82, 2.24) is 14.9 Å². The Kier molecular flexibility index (Phi) is 3.44. The summed E-state index contributed by atoms with van der Waals surface area (Å²) < 4.78 is 0. The van der Waals surface area contributed by atoms with Crippen molar-refractivity contribution in [3.05, 3.63) is 62.7 Å². The molecular formula is C17H17N3OS. The van der Waals surface area contributed by atoms with Crippen LogP contribution in [0.1, 0.15) is 16.9 Å². The number of pyridine rings is 1. The highest BCUT2D eigenvalue weighted by atomic mass is 32.1. The van der Waals surface area contributed by atoms with E-state index in [9.17, 15) is 4.79 Å². The van der Waals surface area contributed by atoms with Gasteiger partial charge in [0.05, 0.1) is 11.0 Å². The second-order valence-electron chi connectivity index (χ2n) is 5.61. The van der Waals surface area contributed by atoms with Crippen LogP contribution in [-0.2, 0) is 6.54 Å². The third kappa shape index (κ3) is 2.53. The lowest BCUT2D eigenvalue weighted by molar-refractivity contribution is 0.296. The van der Waals surface area contributed by atoms with E-state index in [0.717, 1.165) is 42.7 Å². The van der Waals surface area contributed by atoms with Gasteiger partial charge in [-0.1, -0.05) is 12.1 Å². The number of thiophene rings is 1. The van der Waals surface area contributed by atoms with Crippen LogP contribution >= 0.6 is 11.3 Å². The molecule has 2 N–H and O–H groups in total. The van der Waals surface area contributed by atoms with E-state index in [1.165, 1.54) is 10.5 Å². The van der Waals surface area contributed by atoms with Gasteiger partial charge in [-0.3, -0.25) is 9.69 Å². The average Bonchev–Trinajstić information content (AvgIpc) is 3.17. The fraction of sp³-hybridized carbons (Fsp3) is 0.235. The number of H-pyrrole nitrogens is 2. The van der Waals surface area contributed by atoms with Crippen molar-refractivity contribution >= 4 is 27.9 Å². The third-order valence-corrected chi connectivity index (χ3v) is 5.02. The van der Waals surface area contributed by atoms with Gasteiger partial charge in [-0.05, 0) is 29.5 Å². The molecule has 0 aliphatic carbocycles. The first kappa shape index (κ1) is 13.5. The molecule has 4 nitrogen and oxygen atoms in total. The molecular weight excluding hydrogens is 294 g/mol. The quantitative estimate of drug-likeness (QED) is 0.780. The Morgan fingerprint density at radius 3 is 3.00 bits per heavy atom. The molecule has 4 rings (SSSR count). The summed E-state index contributed by atoms with van der Waals surface area (Å²) in [5.74, 6) is 0. The summed E-state index contributed by atoms with van der Waals surface area (Å²) in [6.07, 6.45) is 5.29. The Labute approximate surface area is 132 Å². The molecule has 5 heteroatoms. The molecule has 0 spiro atoms. The molecule has 0 bridgehead atoms. The Hall–Kier alpha value is -2.11. The number of rotatable bonds is 3. The van der Waals surface area contributed by atoms with Crippen molar-refractivity contribution in [3.63, 3.8) is 0 Å². The number of hydrogen-bond acceptors (Lipinski definition) is 3. The van der Waals surface area contributed by atoms with Gasteiger partial charge in [0.1, 0.15) is 0 Å². The molecule has 0 saturated carbocycles. The Bertz CT molecular complexity index is 873. The number of aromatic nitrogens is 2. The predicted molar refractivity (Wildman–Crippen MR) is 91.1 cm³/mol. The normalized spacial score (nSPS) is 16.1. The van der Waals surface area contributed by atoms with Gasteiger partial charge in [0.15, 0.2) is 0 Å². The first-order valence-corrected chi connectivity index (χ1v) is 8.32. The number of nitrogens with zero attached hydrogens (tertiary/aromatic N) is 1. The minimum absolute atomic E-state index is 0.0518. The minimum atomic E-state index is -0.0518. The lowest BCUT2D eigenvalue weighted by atomic mass is 10.0. The first-order chi connectivity index (χ1) is 10.8. The van der Waals surface area contributed by atoms with Crippen LogP contribution in [0, 0.1) is 0 Å². The molecule has 112 valence electrons. The van der Waals surface area contributed by atoms with E-state index in [4.69, 9.17) is 0 Å². The van der Waals surface area contributed by atoms with E-state index >= 15 is 0 Å². The summed E-state index contributed by atoms with van der Waals surface area (Å²) in [6.45, 7) is 3.02. The largest absolute Gasteiger partial charge is 0.359 e. The van der Waals surface area contributed by atoms with Gasteiger partial charge in [-0.2, -0.15) is 0 Å². The minimum Gasteiger partial charge on any atom is -0.359 e. The fourth-order valence-corrected chi connectivity index (χ4v) is 3.75. The van der Waals surface area contributed by atoms with E-state index in [0.29, 0.717) is 0 Å². The summed E-state index contributed by atoms with van der Waals surface area (Å²) in [5, 5.41) is 2.13. The van der Waals surface area contributed by atoms with Crippen LogP contribution in [0.4, 0.5) is 0 Å². The van der Waals surface area contributed by atoms with Crippen LogP contribution in [-0.4, -0.2) is 28.0 Å². The zero-order chi connectivity index (χ0) is 14.9. The van der Waals surface area contributed by atoms with Gasteiger partial charge >= 0.3 is 0 Å². The maximum absolute atomic E-state index is 11.6. The zero-order valence-corrected chi connectivity index (χ0v) is 13.0. The van der Waals surface area contributed by atoms with Crippen molar-refractivity contribution in [3.8, 4) is 0 Å². The van der Waals surface area contributed by atoms with Crippen LogP contribution in [0.2, 0.25) is 0 Å². The summed E-state index contributed by atoms with van der Waals surface area (Å²) in [5.41, 5.74) is 4.30. The average molecular weight is 311 g/mol. The molecule has 4 heterocycles. The van der Waals surface area contributed by atoms with E-state index < -0.39 is 0 Å². The van der Waals surface area contributed by atoms with Gasteiger partial charge in [0.25, 0.3) is 0 Å². The predicted octanol–water partition coefficient (Wildman–Crippen LogP) is 3.21. The Morgan fingerprint density at radius 1 is 1.27 bits per heavy atom. The topological polar surface area (TPSA) is 51.9 Å². The highest BCUT2D eigenvalue weighted by Gasteiger charge is 2.16. The lowest BCUT2D eigenvalue weighted by Gasteiger charge is -2.25. The SMILES string of the molecule is O=c1ccc2[nH]cc(C3=CCN(Cc4cccs4)CC3)c2[nH]1. The van der Waals surface area contributed by atoms with Crippen LogP contribution < -0.4 is 5.56 Å². The van der Waals surface area contributed by atoms with Gasteiger partial charge < -0.3 is 9.97 Å². The molecule has 0 fully saturated rings. The Morgan fingerprint density at radius 2 is 2.23 bits per heavy atom. The molecule has 0 radical (unpaired) electrons. The third-order valence-electron chi connectivity index (χ3n) is 4.16. The second-order valence-corrected chi connectivity index (χ2v) is 6.64. The van der Waals surface area contributed by atoms with Crippen molar-refractivity contribution in [2.75, 3.05) is 13.1 Å². The van der Waals surface area contributed by atoms with Crippen molar-refractivity contribution in [1.29, 1.82) is 0 Å². The maximum Gasteiger partial charge on any atom is 0.248 e. The summed E-state index contributed by atoms with van der Waals surface area (Å²) in [7, 11) is 0. The second kappa shape index (κ2) is 5.59. The standard InChI is InChI=1S/C17H17N3OS/c21-16-4-3-15-17(19-16)14(10-18-15)12-5-7-20(8-6-12)11-13-2-1-9-22-13/h1-5,9-10,18H,6-8,11H2,(H,19,21). The van der Waals surface area contributed by atoms with Gasteiger partial charge in [0.2, 0.25) is 5.56 Å².